The van der Waals surface area contributed by atoms with Crippen LogP contribution in [0.4, 0.5) is 5.88 Å². The molecule has 148 valence electrons. The first-order valence-corrected chi connectivity index (χ1v) is 8.96. The van der Waals surface area contributed by atoms with Crippen LogP contribution >= 0.6 is 0 Å². The third kappa shape index (κ3) is 5.14. The Kier molecular flexibility index (Phi) is 6.49. The number of furan rings is 1. The number of carbonyl (C=O) groups is 1. The Morgan fingerprint density at radius 1 is 1.21 bits per heavy atom. The maximum absolute atomic E-state index is 12.5. The van der Waals surface area contributed by atoms with Crippen molar-refractivity contribution in [1.29, 1.82) is 0 Å². The zero-order valence-corrected chi connectivity index (χ0v) is 15.4. The van der Waals surface area contributed by atoms with Crippen LogP contribution in [-0.2, 0) is 0 Å². The molecular formula is C21H19N3O5. The Balaban J connectivity index is 1.81. The lowest BCUT2D eigenvalue weighted by Crippen LogP contribution is -2.25. The van der Waals surface area contributed by atoms with Crippen molar-refractivity contribution in [3.63, 3.8) is 0 Å². The van der Waals surface area contributed by atoms with Gasteiger partial charge < -0.3 is 14.8 Å². The highest BCUT2D eigenvalue weighted by atomic mass is 16.6. The molecule has 0 aliphatic heterocycles. The summed E-state index contributed by atoms with van der Waals surface area (Å²) in [6.45, 7) is 0.395. The van der Waals surface area contributed by atoms with Gasteiger partial charge in [-0.05, 0) is 36.8 Å². The summed E-state index contributed by atoms with van der Waals surface area (Å²) in [5.74, 6) is -0.191. The Labute approximate surface area is 166 Å². The molecule has 1 aromatic carbocycles. The fraction of sp³-hybridized carbons (Fsp3) is 0.143. The van der Waals surface area contributed by atoms with Crippen molar-refractivity contribution < 1.29 is 19.2 Å². The molecule has 8 heteroatoms. The number of hydrogen-bond acceptors (Lipinski definition) is 6. The summed E-state index contributed by atoms with van der Waals surface area (Å²) in [5.41, 5.74) is 1.78. The van der Waals surface area contributed by atoms with E-state index in [9.17, 15) is 14.9 Å². The molecule has 3 rings (SSSR count). The summed E-state index contributed by atoms with van der Waals surface area (Å²) in [7, 11) is 0. The number of hydrogen-bond donors (Lipinski definition) is 2. The van der Waals surface area contributed by atoms with E-state index >= 15 is 0 Å². The quantitative estimate of drug-likeness (QED) is 0.261. The molecule has 0 spiro atoms. The predicted octanol–water partition coefficient (Wildman–Crippen LogP) is 3.57. The van der Waals surface area contributed by atoms with Crippen molar-refractivity contribution in [1.82, 2.24) is 10.3 Å². The number of amides is 1. The minimum absolute atomic E-state index is 0.0104. The number of pyridine rings is 1. The molecule has 0 bridgehead atoms. The predicted molar refractivity (Wildman–Crippen MR) is 109 cm³/mol. The maximum Gasteiger partial charge on any atom is 0.433 e. The summed E-state index contributed by atoms with van der Waals surface area (Å²) < 4.78 is 5.05. The second-order valence-electron chi connectivity index (χ2n) is 6.10. The number of nitrogens with one attached hydrogen (secondary N) is 1. The van der Waals surface area contributed by atoms with Gasteiger partial charge in [-0.25, -0.2) is 4.98 Å². The molecule has 2 N–H and O–H groups in total. The summed E-state index contributed by atoms with van der Waals surface area (Å²) in [5, 5.41) is 23.0. The highest BCUT2D eigenvalue weighted by molar-refractivity contribution is 6.06. The average Bonchev–Trinajstić information content (AvgIpc) is 3.20. The smallest absolute Gasteiger partial charge is 0.401 e. The van der Waals surface area contributed by atoms with Gasteiger partial charge in [0.1, 0.15) is 10.7 Å². The third-order valence-electron chi connectivity index (χ3n) is 4.03. The summed E-state index contributed by atoms with van der Waals surface area (Å²) in [6.07, 6.45) is 7.18. The Hall–Kier alpha value is -3.78. The molecular weight excluding hydrogens is 374 g/mol. The molecule has 0 fully saturated rings. The number of nitro groups is 1. The van der Waals surface area contributed by atoms with Crippen molar-refractivity contribution in [2.75, 3.05) is 13.2 Å². The standard InChI is InChI=1S/C21H19N3O5/c25-13-5-12-22-21(26)18-14-15(23-19-9-4-3-8-17(18)19)6-1-2-7-16-10-11-20(29-16)24(27)28/h1-4,6-11,14,25H,5,12-13H2,(H,22,26). The van der Waals surface area contributed by atoms with Gasteiger partial charge in [-0.15, -0.1) is 0 Å². The zero-order valence-electron chi connectivity index (χ0n) is 15.4. The van der Waals surface area contributed by atoms with E-state index in [0.29, 0.717) is 35.5 Å². The first-order valence-electron chi connectivity index (χ1n) is 8.96. The van der Waals surface area contributed by atoms with Crippen molar-refractivity contribution in [3.05, 3.63) is 81.7 Å². The number of aliphatic hydroxyl groups excluding tert-OH is 1. The van der Waals surface area contributed by atoms with Crippen LogP contribution < -0.4 is 5.32 Å². The number of aliphatic hydroxyl groups is 1. The van der Waals surface area contributed by atoms with Crippen molar-refractivity contribution in [3.8, 4) is 0 Å². The molecule has 0 radical (unpaired) electrons. The van der Waals surface area contributed by atoms with Crippen LogP contribution in [0.2, 0.25) is 0 Å². The number of benzene rings is 1. The topological polar surface area (TPSA) is 118 Å². The van der Waals surface area contributed by atoms with Gasteiger partial charge in [0.25, 0.3) is 5.91 Å². The first kappa shape index (κ1) is 20.0. The van der Waals surface area contributed by atoms with E-state index in [1.165, 1.54) is 12.1 Å². The highest BCUT2D eigenvalue weighted by Gasteiger charge is 2.12. The second-order valence-corrected chi connectivity index (χ2v) is 6.10. The molecule has 2 heterocycles. The first-order chi connectivity index (χ1) is 14.1. The number of nitrogens with zero attached hydrogens (tertiary/aromatic N) is 2. The number of allylic oxidation sites excluding steroid dienone is 2. The van der Waals surface area contributed by atoms with Gasteiger partial charge in [0.05, 0.1) is 22.8 Å². The fourth-order valence-electron chi connectivity index (χ4n) is 2.68. The van der Waals surface area contributed by atoms with Crippen LogP contribution in [0, 0.1) is 10.1 Å². The normalized spacial score (nSPS) is 11.5. The average molecular weight is 393 g/mol. The van der Waals surface area contributed by atoms with Gasteiger partial charge in [-0.2, -0.15) is 0 Å². The van der Waals surface area contributed by atoms with Gasteiger partial charge >= 0.3 is 5.88 Å². The molecule has 0 aliphatic carbocycles. The van der Waals surface area contributed by atoms with Gasteiger partial charge in [-0.3, -0.25) is 14.9 Å². The minimum atomic E-state index is -0.598. The monoisotopic (exact) mass is 393 g/mol. The van der Waals surface area contributed by atoms with E-state index in [0.717, 1.165) is 5.39 Å². The van der Waals surface area contributed by atoms with E-state index in [2.05, 4.69) is 10.3 Å². The number of rotatable bonds is 8. The molecule has 2 aromatic heterocycles. The summed E-state index contributed by atoms with van der Waals surface area (Å²) in [4.78, 5) is 27.1. The molecule has 0 saturated carbocycles. The second kappa shape index (κ2) is 9.43. The third-order valence-corrected chi connectivity index (χ3v) is 4.03. The van der Waals surface area contributed by atoms with Crippen LogP contribution in [0.1, 0.15) is 28.2 Å². The van der Waals surface area contributed by atoms with Crippen LogP contribution in [0.15, 0.2) is 59.0 Å². The van der Waals surface area contributed by atoms with E-state index in [4.69, 9.17) is 9.52 Å². The molecule has 0 unspecified atom stereocenters. The van der Waals surface area contributed by atoms with Crippen molar-refractivity contribution in [2.24, 2.45) is 0 Å². The van der Waals surface area contributed by atoms with Crippen LogP contribution in [0.3, 0.4) is 0 Å². The van der Waals surface area contributed by atoms with Crippen LogP contribution in [0.25, 0.3) is 23.1 Å². The minimum Gasteiger partial charge on any atom is -0.401 e. The number of aromatic nitrogens is 1. The molecule has 8 nitrogen and oxygen atoms in total. The lowest BCUT2D eigenvalue weighted by Gasteiger charge is -2.08. The van der Waals surface area contributed by atoms with E-state index in [1.54, 1.807) is 30.4 Å². The van der Waals surface area contributed by atoms with Gasteiger partial charge in [0.2, 0.25) is 0 Å². The zero-order chi connectivity index (χ0) is 20.6. The summed E-state index contributed by atoms with van der Waals surface area (Å²) >= 11 is 0. The SMILES string of the molecule is O=C(NCCCO)c1cc(C=CC=Cc2ccc([N+](=O)[O-])o2)nc2ccccc12. The Morgan fingerprint density at radius 2 is 2.00 bits per heavy atom. The summed E-state index contributed by atoms with van der Waals surface area (Å²) in [6, 6.07) is 11.8. The molecule has 29 heavy (non-hydrogen) atoms. The van der Waals surface area contributed by atoms with E-state index in [1.807, 2.05) is 24.3 Å². The molecule has 0 saturated heterocycles. The largest absolute Gasteiger partial charge is 0.433 e. The van der Waals surface area contributed by atoms with Gasteiger partial charge in [0.15, 0.2) is 0 Å². The molecule has 3 aromatic rings. The van der Waals surface area contributed by atoms with E-state index in [-0.39, 0.29) is 18.4 Å². The number of fused-ring (bicyclic) bond motifs is 1. The highest BCUT2D eigenvalue weighted by Crippen LogP contribution is 2.20. The lowest BCUT2D eigenvalue weighted by molar-refractivity contribution is -0.402. The van der Waals surface area contributed by atoms with Crippen LogP contribution in [-0.4, -0.2) is 34.1 Å². The maximum atomic E-state index is 12.5. The number of carbonyl (C=O) groups excluding carboxylic acids is 1. The van der Waals surface area contributed by atoms with Crippen molar-refractivity contribution >= 4 is 34.8 Å². The Morgan fingerprint density at radius 3 is 2.76 bits per heavy atom. The van der Waals surface area contributed by atoms with Crippen LogP contribution in [0.5, 0.6) is 0 Å². The fourth-order valence-corrected chi connectivity index (χ4v) is 2.68. The van der Waals surface area contributed by atoms with Gasteiger partial charge in [-0.1, -0.05) is 30.4 Å². The van der Waals surface area contributed by atoms with Gasteiger partial charge in [0, 0.05) is 18.5 Å². The Bertz CT molecular complexity index is 1080. The van der Waals surface area contributed by atoms with Crippen molar-refractivity contribution in [2.45, 2.75) is 6.42 Å². The molecule has 0 atom stereocenters. The lowest BCUT2D eigenvalue weighted by atomic mass is 10.1. The molecule has 0 aliphatic rings. The molecule has 1 amide bonds. The number of para-hydroxylation sites is 1. The van der Waals surface area contributed by atoms with E-state index < -0.39 is 4.92 Å².